The normalized spacial score (nSPS) is 13.6. The Kier molecular flexibility index (Phi) is 4.60. The highest BCUT2D eigenvalue weighted by molar-refractivity contribution is 7.91. The molecule has 0 spiro atoms. The van der Waals surface area contributed by atoms with Crippen LogP contribution in [0.1, 0.15) is 6.42 Å². The average molecular weight is 263 g/mol. The maximum atomic E-state index is 11.7. The molecule has 1 atom stereocenters. The molecule has 0 amide bonds. The molecule has 0 saturated carbocycles. The summed E-state index contributed by atoms with van der Waals surface area (Å²) in [5, 5.41) is 0. The van der Waals surface area contributed by atoms with E-state index < -0.39 is 20.9 Å². The molecule has 1 unspecified atom stereocenters. The number of hydrogen-bond acceptors (Lipinski definition) is 4. The van der Waals surface area contributed by atoms with Gasteiger partial charge in [0.15, 0.2) is 20.9 Å². The lowest BCUT2D eigenvalue weighted by Crippen LogP contribution is -2.11. The third-order valence-electron chi connectivity index (χ3n) is 2.00. The summed E-state index contributed by atoms with van der Waals surface area (Å²) in [6.07, 6.45) is 0.399. The van der Waals surface area contributed by atoms with Crippen molar-refractivity contribution in [3.63, 3.8) is 0 Å². The van der Waals surface area contributed by atoms with Crippen molar-refractivity contribution in [1.82, 2.24) is 0 Å². The molecule has 0 aliphatic carbocycles. The topological polar surface area (TPSA) is 97.5 Å². The van der Waals surface area contributed by atoms with Crippen LogP contribution in [0.5, 0.6) is 0 Å². The van der Waals surface area contributed by atoms with E-state index in [1.54, 1.807) is 0 Å². The minimum Gasteiger partial charge on any atom is -0.330 e. The first-order valence-electron chi connectivity index (χ1n) is 4.61. The monoisotopic (exact) mass is 263 g/mol. The van der Waals surface area contributed by atoms with E-state index in [0.29, 0.717) is 13.0 Å². The second-order valence-corrected chi connectivity index (χ2v) is 6.26. The molecule has 90 valence electrons. The number of nitrogens with two attached hydrogens (primary N) is 1. The van der Waals surface area contributed by atoms with Gasteiger partial charge < -0.3 is 10.3 Å². The van der Waals surface area contributed by atoms with Gasteiger partial charge in [0.25, 0.3) is 0 Å². The van der Waals surface area contributed by atoms with Crippen LogP contribution >= 0.6 is 0 Å². The maximum Gasteiger partial charge on any atom is 0.186 e. The van der Waals surface area contributed by atoms with Gasteiger partial charge in [0.05, 0.1) is 15.5 Å². The van der Waals surface area contributed by atoms with E-state index in [2.05, 4.69) is 0 Å². The third-order valence-corrected chi connectivity index (χ3v) is 4.49. The highest BCUT2D eigenvalue weighted by Gasteiger charge is 2.13. The first-order valence-corrected chi connectivity index (χ1v) is 7.37. The van der Waals surface area contributed by atoms with Crippen LogP contribution in [0.25, 0.3) is 0 Å². The van der Waals surface area contributed by atoms with Crippen LogP contribution in [0.15, 0.2) is 34.1 Å². The van der Waals surface area contributed by atoms with Crippen LogP contribution in [0.2, 0.25) is 0 Å². The molecule has 16 heavy (non-hydrogen) atoms. The van der Waals surface area contributed by atoms with Gasteiger partial charge in [0.1, 0.15) is 0 Å². The van der Waals surface area contributed by atoms with E-state index in [1.165, 1.54) is 24.3 Å². The standard InChI is InChI=1S/C9H13NO4S2/c10-6-1-7-16(13,14)9-4-2-8(3-5-9)15(11)12/h2-5H,1,6-7,10H2,(H,11,12). The van der Waals surface area contributed by atoms with Gasteiger partial charge in [-0.3, -0.25) is 0 Å². The molecule has 7 heteroatoms. The molecule has 1 aromatic rings. The van der Waals surface area contributed by atoms with Crippen LogP contribution in [0.3, 0.4) is 0 Å². The predicted molar refractivity (Wildman–Crippen MR) is 61.2 cm³/mol. The molecule has 0 aliphatic rings. The van der Waals surface area contributed by atoms with Gasteiger partial charge in [0, 0.05) is 0 Å². The lowest BCUT2D eigenvalue weighted by Gasteiger charge is -2.03. The van der Waals surface area contributed by atoms with Crippen LogP contribution in [-0.4, -0.2) is 29.5 Å². The summed E-state index contributed by atoms with van der Waals surface area (Å²) in [4.78, 5) is 0.327. The van der Waals surface area contributed by atoms with Crippen molar-refractivity contribution < 1.29 is 17.2 Å². The highest BCUT2D eigenvalue weighted by atomic mass is 32.2. The van der Waals surface area contributed by atoms with Crippen LogP contribution < -0.4 is 5.73 Å². The van der Waals surface area contributed by atoms with Gasteiger partial charge in [-0.1, -0.05) is 0 Å². The molecular formula is C9H13NO4S2. The van der Waals surface area contributed by atoms with E-state index in [9.17, 15) is 12.6 Å². The molecule has 0 saturated heterocycles. The zero-order chi connectivity index (χ0) is 12.2. The molecule has 0 bridgehead atoms. The Morgan fingerprint density at radius 3 is 2.25 bits per heavy atom. The molecule has 0 fully saturated rings. The van der Waals surface area contributed by atoms with E-state index in [4.69, 9.17) is 10.3 Å². The average Bonchev–Trinajstić information content (AvgIpc) is 2.26. The first-order chi connectivity index (χ1) is 7.47. The number of sulfone groups is 1. The summed E-state index contributed by atoms with van der Waals surface area (Å²) in [5.41, 5.74) is 5.24. The molecule has 5 nitrogen and oxygen atoms in total. The summed E-state index contributed by atoms with van der Waals surface area (Å²) >= 11 is -2.08. The molecule has 3 N–H and O–H groups in total. The number of benzene rings is 1. The summed E-state index contributed by atoms with van der Waals surface area (Å²) in [7, 11) is -3.33. The molecule has 0 radical (unpaired) electrons. The van der Waals surface area contributed by atoms with E-state index in [-0.39, 0.29) is 15.5 Å². The van der Waals surface area contributed by atoms with Gasteiger partial charge in [-0.15, -0.1) is 0 Å². The van der Waals surface area contributed by atoms with Gasteiger partial charge >= 0.3 is 0 Å². The zero-order valence-electron chi connectivity index (χ0n) is 8.50. The predicted octanol–water partition coefficient (Wildman–Crippen LogP) is 0.390. The SMILES string of the molecule is NCCCS(=O)(=O)c1ccc(S(=O)O)cc1. The van der Waals surface area contributed by atoms with Gasteiger partial charge in [-0.25, -0.2) is 12.6 Å². The minimum absolute atomic E-state index is 0.00887. The minimum atomic E-state index is -3.33. The fraction of sp³-hybridized carbons (Fsp3) is 0.333. The molecule has 1 aromatic carbocycles. The lowest BCUT2D eigenvalue weighted by atomic mass is 10.4. The first kappa shape index (κ1) is 13.3. The van der Waals surface area contributed by atoms with Crippen molar-refractivity contribution in [3.05, 3.63) is 24.3 Å². The number of rotatable bonds is 5. The van der Waals surface area contributed by atoms with Crippen molar-refractivity contribution in [2.45, 2.75) is 16.2 Å². The maximum absolute atomic E-state index is 11.7. The van der Waals surface area contributed by atoms with E-state index >= 15 is 0 Å². The molecular weight excluding hydrogens is 250 g/mol. The van der Waals surface area contributed by atoms with Crippen molar-refractivity contribution in [3.8, 4) is 0 Å². The Hall–Kier alpha value is -0.760. The summed E-state index contributed by atoms with van der Waals surface area (Å²) in [6.45, 7) is 0.317. The van der Waals surface area contributed by atoms with Crippen molar-refractivity contribution in [2.24, 2.45) is 5.73 Å². The van der Waals surface area contributed by atoms with Crippen LogP contribution in [0.4, 0.5) is 0 Å². The quantitative estimate of drug-likeness (QED) is 0.749. The van der Waals surface area contributed by atoms with Crippen molar-refractivity contribution in [2.75, 3.05) is 12.3 Å². The van der Waals surface area contributed by atoms with Gasteiger partial charge in [-0.2, -0.15) is 0 Å². The summed E-state index contributed by atoms with van der Waals surface area (Å²) in [6, 6.07) is 5.31. The smallest absolute Gasteiger partial charge is 0.186 e. The van der Waals surface area contributed by atoms with Crippen LogP contribution in [0, 0.1) is 0 Å². The number of hydrogen-bond donors (Lipinski definition) is 2. The Morgan fingerprint density at radius 2 is 1.81 bits per heavy atom. The Bertz CT molecular complexity index is 467. The Labute approximate surface area is 96.9 Å². The summed E-state index contributed by atoms with van der Waals surface area (Å²) < 4.78 is 42.8. The zero-order valence-corrected chi connectivity index (χ0v) is 10.1. The van der Waals surface area contributed by atoms with Gasteiger partial charge in [0.2, 0.25) is 0 Å². The second kappa shape index (κ2) is 5.53. The molecule has 0 aliphatic heterocycles. The third kappa shape index (κ3) is 3.38. The van der Waals surface area contributed by atoms with Crippen molar-refractivity contribution >= 4 is 20.9 Å². The Balaban J connectivity index is 2.93. The largest absolute Gasteiger partial charge is 0.330 e. The Morgan fingerprint density at radius 1 is 1.25 bits per heavy atom. The van der Waals surface area contributed by atoms with E-state index in [0.717, 1.165) is 0 Å². The second-order valence-electron chi connectivity index (χ2n) is 3.18. The van der Waals surface area contributed by atoms with E-state index in [1.807, 2.05) is 0 Å². The fourth-order valence-corrected chi connectivity index (χ4v) is 2.86. The summed E-state index contributed by atoms with van der Waals surface area (Å²) in [5.74, 6) is -0.00887. The molecule has 0 heterocycles. The van der Waals surface area contributed by atoms with Gasteiger partial charge in [-0.05, 0) is 37.2 Å². The molecule has 0 aromatic heterocycles. The lowest BCUT2D eigenvalue weighted by molar-refractivity contribution is 0.564. The van der Waals surface area contributed by atoms with Crippen molar-refractivity contribution in [1.29, 1.82) is 0 Å². The fourth-order valence-electron chi connectivity index (χ4n) is 1.15. The molecule has 1 rings (SSSR count). The highest BCUT2D eigenvalue weighted by Crippen LogP contribution is 2.14. The van der Waals surface area contributed by atoms with Crippen LogP contribution in [-0.2, 0) is 20.9 Å².